The van der Waals surface area contributed by atoms with Gasteiger partial charge in [-0.1, -0.05) is 28.0 Å². The fourth-order valence-corrected chi connectivity index (χ4v) is 6.91. The fraction of sp³-hybridized carbons (Fsp3) is 0.286. The monoisotopic (exact) mass is 1270 g/mol. The van der Waals surface area contributed by atoms with E-state index in [1.54, 1.807) is 26.0 Å². The molecule has 0 amide bonds. The van der Waals surface area contributed by atoms with Gasteiger partial charge >= 0.3 is 23.9 Å². The van der Waals surface area contributed by atoms with Crippen LogP contribution in [-0.2, 0) is 23.8 Å². The zero-order valence-corrected chi connectivity index (χ0v) is 34.5. The summed E-state index contributed by atoms with van der Waals surface area (Å²) in [6, 6.07) is 7.38. The molecule has 240 valence electrons. The molecule has 0 saturated carbocycles. The van der Waals surface area contributed by atoms with Gasteiger partial charge in [-0.3, -0.25) is 0 Å². The molecule has 0 aliphatic heterocycles. The molecule has 0 atom stereocenters. The van der Waals surface area contributed by atoms with Gasteiger partial charge in [-0.15, -0.1) is 0 Å². The third-order valence-electron chi connectivity index (χ3n) is 4.01. The molecule has 0 radical (unpaired) electrons. The Bertz CT molecular complexity index is 1300. The summed E-state index contributed by atoms with van der Waals surface area (Å²) in [6.45, 7) is 9.88. The van der Waals surface area contributed by atoms with E-state index in [9.17, 15) is 19.2 Å². The van der Waals surface area contributed by atoms with E-state index >= 15 is 0 Å². The van der Waals surface area contributed by atoms with Crippen LogP contribution in [0, 0.1) is 21.4 Å². The van der Waals surface area contributed by atoms with Gasteiger partial charge in [-0.05, 0) is 174 Å². The normalized spacial score (nSPS) is 9.23. The Morgan fingerprint density at radius 2 is 1.05 bits per heavy atom. The van der Waals surface area contributed by atoms with Crippen LogP contribution >= 0.6 is 136 Å². The molecule has 0 fully saturated rings. The van der Waals surface area contributed by atoms with Crippen LogP contribution in [0.3, 0.4) is 0 Å². The number of carboxylic acid groups (broad SMARTS) is 1. The van der Waals surface area contributed by atoms with Gasteiger partial charge in [0, 0.05) is 32.6 Å². The fourth-order valence-electron chi connectivity index (χ4n) is 2.15. The highest BCUT2D eigenvalue weighted by Gasteiger charge is 2.15. The third kappa shape index (κ3) is 19.4. The summed E-state index contributed by atoms with van der Waals surface area (Å²) in [5.74, 6) is -2.23. The van der Waals surface area contributed by atoms with E-state index < -0.39 is 23.9 Å². The summed E-state index contributed by atoms with van der Waals surface area (Å²) >= 11 is 12.7. The molecular weight excluding hydrogens is 1240 g/mol. The van der Waals surface area contributed by atoms with Crippen LogP contribution in [0.4, 0.5) is 0 Å². The Balaban J connectivity index is -0.000000597. The summed E-state index contributed by atoms with van der Waals surface area (Å²) in [7, 11) is 0. The van der Waals surface area contributed by atoms with Gasteiger partial charge in [-0.25, -0.2) is 19.2 Å². The maximum Gasteiger partial charge on any atom is 0.339 e. The first-order valence-electron chi connectivity index (χ1n) is 11.0. The molecule has 15 heteroatoms. The predicted octanol–water partition coefficient (Wildman–Crippen LogP) is 8.35. The molecule has 0 saturated heterocycles. The highest BCUT2D eigenvalue weighted by Crippen LogP contribution is 2.24. The Morgan fingerprint density at radius 1 is 0.674 bits per heavy atom. The smallest absolute Gasteiger partial charge is 0.339 e. The number of carboxylic acids is 1. The highest BCUT2D eigenvalue weighted by molar-refractivity contribution is 14.1. The minimum absolute atomic E-state index is 0. The van der Waals surface area contributed by atoms with E-state index in [-0.39, 0.29) is 41.3 Å². The van der Waals surface area contributed by atoms with E-state index in [2.05, 4.69) is 131 Å². The molecule has 0 heterocycles. The standard InChI is InChI=1S/C13H11I3O4.C7H3I3O2.C6H10O3.2CH4/c1-7(2)12(17)19-3-4-20-13(18)9-5-8(14)6-10(15)11(9)16;8-3-1-4(7(11)12)6(10)5(9)2-3;1-5(2)6(8)9-4-3-7;;/h5-6H,1,3-4H2,2H3;1-2H,(H,11,12);7H,1,3-4H2,2H3;2*1H4. The lowest BCUT2D eigenvalue weighted by Crippen LogP contribution is -2.15. The number of hydrogen-bond donors (Lipinski definition) is 2. The molecular formula is C28H32I6O9. The molecule has 0 unspecified atom stereocenters. The van der Waals surface area contributed by atoms with Crippen molar-refractivity contribution in [2.75, 3.05) is 26.4 Å². The average molecular weight is 1270 g/mol. The molecule has 0 aromatic heterocycles. The van der Waals surface area contributed by atoms with Crippen LogP contribution in [0.25, 0.3) is 0 Å². The third-order valence-corrected chi connectivity index (χ3v) is 11.3. The number of ether oxygens (including phenoxy) is 3. The van der Waals surface area contributed by atoms with Gasteiger partial charge in [0.2, 0.25) is 0 Å². The van der Waals surface area contributed by atoms with Crippen molar-refractivity contribution in [3.05, 3.63) is 81.1 Å². The number of hydrogen-bond acceptors (Lipinski definition) is 8. The van der Waals surface area contributed by atoms with Crippen molar-refractivity contribution in [3.63, 3.8) is 0 Å². The maximum atomic E-state index is 12.0. The van der Waals surface area contributed by atoms with Gasteiger partial charge < -0.3 is 24.4 Å². The molecule has 43 heavy (non-hydrogen) atoms. The van der Waals surface area contributed by atoms with E-state index in [4.69, 9.17) is 19.7 Å². The lowest BCUT2D eigenvalue weighted by molar-refractivity contribution is -0.140. The summed E-state index contributed by atoms with van der Waals surface area (Å²) < 4.78 is 20.0. The number of aliphatic hydroxyl groups excluding tert-OH is 1. The molecule has 2 aromatic rings. The number of rotatable bonds is 9. The van der Waals surface area contributed by atoms with Crippen molar-refractivity contribution in [2.45, 2.75) is 28.7 Å². The van der Waals surface area contributed by atoms with Crippen LogP contribution in [0.5, 0.6) is 0 Å². The lowest BCUT2D eigenvalue weighted by Gasteiger charge is -2.09. The Kier molecular flexibility index (Phi) is 27.9. The van der Waals surface area contributed by atoms with Gasteiger partial charge in [0.05, 0.1) is 17.7 Å². The molecule has 0 aliphatic carbocycles. The zero-order chi connectivity index (χ0) is 31.9. The lowest BCUT2D eigenvalue weighted by atomic mass is 10.2. The first-order valence-corrected chi connectivity index (χ1v) is 17.5. The molecule has 2 aromatic carbocycles. The van der Waals surface area contributed by atoms with Crippen LogP contribution in [0.2, 0.25) is 0 Å². The second-order valence-corrected chi connectivity index (χ2v) is 14.5. The van der Waals surface area contributed by atoms with Gasteiger partial charge in [0.25, 0.3) is 0 Å². The molecule has 0 aliphatic rings. The summed E-state index contributed by atoms with van der Waals surface area (Å²) in [6.07, 6.45) is 0. The second-order valence-electron chi connectivity index (χ2n) is 7.50. The van der Waals surface area contributed by atoms with E-state index in [0.29, 0.717) is 22.3 Å². The van der Waals surface area contributed by atoms with Crippen LogP contribution in [0.1, 0.15) is 49.4 Å². The second kappa shape index (κ2) is 25.3. The van der Waals surface area contributed by atoms with Crippen LogP contribution in [0.15, 0.2) is 48.6 Å². The topological polar surface area (TPSA) is 136 Å². The minimum Gasteiger partial charge on any atom is -0.478 e. The number of aliphatic hydroxyl groups is 1. The van der Waals surface area contributed by atoms with Gasteiger partial charge in [0.15, 0.2) is 0 Å². The van der Waals surface area contributed by atoms with Crippen LogP contribution < -0.4 is 0 Å². The highest BCUT2D eigenvalue weighted by atomic mass is 127. The van der Waals surface area contributed by atoms with Gasteiger partial charge in [-0.2, -0.15) is 0 Å². The number of carbonyl (C=O) groups is 4. The summed E-state index contributed by atoms with van der Waals surface area (Å²) in [4.78, 5) is 44.3. The quantitative estimate of drug-likeness (QED) is 0.0635. The number of carbonyl (C=O) groups excluding carboxylic acids is 3. The van der Waals surface area contributed by atoms with Gasteiger partial charge in [0.1, 0.15) is 19.8 Å². The van der Waals surface area contributed by atoms with E-state index in [1.807, 2.05) is 34.7 Å². The van der Waals surface area contributed by atoms with Crippen molar-refractivity contribution < 1.29 is 43.6 Å². The number of halogens is 6. The zero-order valence-electron chi connectivity index (χ0n) is 21.6. The van der Waals surface area contributed by atoms with E-state index in [0.717, 1.165) is 21.4 Å². The number of benzene rings is 2. The predicted molar refractivity (Wildman–Crippen MR) is 219 cm³/mol. The average Bonchev–Trinajstić information content (AvgIpc) is 2.89. The molecule has 9 nitrogen and oxygen atoms in total. The van der Waals surface area contributed by atoms with Crippen molar-refractivity contribution in [1.82, 2.24) is 0 Å². The Hall–Kier alpha value is 0.140. The number of esters is 3. The number of aromatic carboxylic acids is 1. The summed E-state index contributed by atoms with van der Waals surface area (Å²) in [5.41, 5.74) is 1.57. The SMILES string of the molecule is C.C.C=C(C)C(=O)OCCO.C=C(C)C(=O)OCCOC(=O)c1cc(I)cc(I)c1I.O=C(O)c1cc(I)cc(I)c1I. The van der Waals surface area contributed by atoms with Crippen molar-refractivity contribution >= 4 is 159 Å². The minimum atomic E-state index is -0.865. The Labute approximate surface area is 334 Å². The van der Waals surface area contributed by atoms with Crippen LogP contribution in [-0.4, -0.2) is 60.5 Å². The Morgan fingerprint density at radius 3 is 1.44 bits per heavy atom. The molecule has 2 N–H and O–H groups in total. The molecule has 2 rings (SSSR count). The van der Waals surface area contributed by atoms with E-state index in [1.165, 1.54) is 0 Å². The first-order chi connectivity index (χ1) is 19.0. The first kappa shape index (κ1) is 47.5. The van der Waals surface area contributed by atoms with Crippen molar-refractivity contribution in [3.8, 4) is 0 Å². The van der Waals surface area contributed by atoms with Crippen molar-refractivity contribution in [1.29, 1.82) is 0 Å². The largest absolute Gasteiger partial charge is 0.478 e. The molecule has 0 spiro atoms. The summed E-state index contributed by atoms with van der Waals surface area (Å²) in [5, 5.41) is 17.0. The maximum absolute atomic E-state index is 12.0. The molecule has 0 bridgehead atoms. The van der Waals surface area contributed by atoms with Crippen molar-refractivity contribution in [2.24, 2.45) is 0 Å².